The highest BCUT2D eigenvalue weighted by Gasteiger charge is 2.34. The zero-order valence-electron chi connectivity index (χ0n) is 20.1. The van der Waals surface area contributed by atoms with Crippen LogP contribution in [0.3, 0.4) is 0 Å². The topological polar surface area (TPSA) is 90.0 Å². The molecule has 188 valence electrons. The standard InChI is InChI=1S/C26H32FN3O4S/c1-3-29(4-2)15-5-7-18-17-19(27)9-14-24(18)35(33,34)28-22-12-13-23-21(25(22)26(31)32)11-10-20-8-6-16-30(20)23/h5,7,9,12-14,17,20,28H,3-4,6,8,10-11,15-16H2,1-2H3,(H,31,32)/b7-5-. The summed E-state index contributed by atoms with van der Waals surface area (Å²) >= 11 is 0. The van der Waals surface area contributed by atoms with Gasteiger partial charge in [0, 0.05) is 24.8 Å². The molecule has 2 aromatic rings. The highest BCUT2D eigenvalue weighted by atomic mass is 32.2. The highest BCUT2D eigenvalue weighted by Crippen LogP contribution is 2.40. The van der Waals surface area contributed by atoms with E-state index < -0.39 is 21.8 Å². The lowest BCUT2D eigenvalue weighted by Gasteiger charge is -2.35. The molecule has 4 rings (SSSR count). The van der Waals surface area contributed by atoms with Gasteiger partial charge in [0.2, 0.25) is 0 Å². The number of carboxylic acids is 1. The molecule has 0 spiro atoms. The van der Waals surface area contributed by atoms with Crippen LogP contribution >= 0.6 is 0 Å². The third kappa shape index (κ3) is 5.21. The van der Waals surface area contributed by atoms with E-state index in [1.807, 2.05) is 19.9 Å². The molecule has 2 aromatic carbocycles. The van der Waals surface area contributed by atoms with E-state index in [-0.39, 0.29) is 21.7 Å². The number of sulfonamides is 1. The molecule has 0 bridgehead atoms. The first-order valence-corrected chi connectivity index (χ1v) is 13.6. The predicted octanol–water partition coefficient (Wildman–Crippen LogP) is 4.59. The summed E-state index contributed by atoms with van der Waals surface area (Å²) in [6.45, 7) is 7.21. The zero-order chi connectivity index (χ0) is 25.2. The fourth-order valence-corrected chi connectivity index (χ4v) is 6.41. The molecule has 1 unspecified atom stereocenters. The number of nitrogens with zero attached hydrogens (tertiary/aromatic N) is 2. The van der Waals surface area contributed by atoms with Crippen LogP contribution in [0.25, 0.3) is 6.08 Å². The van der Waals surface area contributed by atoms with Gasteiger partial charge >= 0.3 is 5.97 Å². The first-order chi connectivity index (χ1) is 16.7. The van der Waals surface area contributed by atoms with Gasteiger partial charge in [0.15, 0.2) is 0 Å². The molecule has 0 aliphatic carbocycles. The molecule has 2 aliphatic rings. The number of fused-ring (bicyclic) bond motifs is 3. The van der Waals surface area contributed by atoms with E-state index >= 15 is 0 Å². The van der Waals surface area contributed by atoms with Gasteiger partial charge in [-0.15, -0.1) is 0 Å². The fourth-order valence-electron chi connectivity index (χ4n) is 5.16. The highest BCUT2D eigenvalue weighted by molar-refractivity contribution is 7.92. The number of halogens is 1. The van der Waals surface area contributed by atoms with Crippen molar-refractivity contribution >= 4 is 33.4 Å². The Morgan fingerprint density at radius 2 is 2.00 bits per heavy atom. The Hall–Kier alpha value is -2.91. The van der Waals surface area contributed by atoms with Crippen molar-refractivity contribution < 1.29 is 22.7 Å². The van der Waals surface area contributed by atoms with Crippen LogP contribution in [0.2, 0.25) is 0 Å². The number of anilines is 2. The number of aromatic carboxylic acids is 1. The van der Waals surface area contributed by atoms with Crippen LogP contribution in [0.4, 0.5) is 15.8 Å². The Morgan fingerprint density at radius 1 is 1.23 bits per heavy atom. The number of carbonyl (C=O) groups is 1. The van der Waals surface area contributed by atoms with Crippen LogP contribution in [0, 0.1) is 5.82 Å². The summed E-state index contributed by atoms with van der Waals surface area (Å²) in [7, 11) is -4.18. The van der Waals surface area contributed by atoms with Gasteiger partial charge in [0.05, 0.1) is 16.1 Å². The van der Waals surface area contributed by atoms with Crippen molar-refractivity contribution in [2.24, 2.45) is 0 Å². The summed E-state index contributed by atoms with van der Waals surface area (Å²) in [5, 5.41) is 10.0. The molecule has 0 radical (unpaired) electrons. The summed E-state index contributed by atoms with van der Waals surface area (Å²) < 4.78 is 43.3. The Kier molecular flexibility index (Phi) is 7.47. The molecular formula is C26H32FN3O4S. The van der Waals surface area contributed by atoms with Crippen LogP contribution in [0.1, 0.15) is 54.6 Å². The molecular weight excluding hydrogens is 469 g/mol. The summed E-state index contributed by atoms with van der Waals surface area (Å²) in [6, 6.07) is 7.23. The van der Waals surface area contributed by atoms with Gasteiger partial charge in [-0.05, 0) is 80.2 Å². The predicted molar refractivity (Wildman–Crippen MR) is 136 cm³/mol. The van der Waals surface area contributed by atoms with Gasteiger partial charge in [-0.3, -0.25) is 4.72 Å². The number of rotatable bonds is 9. The zero-order valence-corrected chi connectivity index (χ0v) is 20.9. The Bertz CT molecular complexity index is 1240. The molecule has 0 aromatic heterocycles. The minimum absolute atomic E-state index is 0.0165. The van der Waals surface area contributed by atoms with Crippen molar-refractivity contribution in [3.63, 3.8) is 0 Å². The molecule has 1 fully saturated rings. The normalized spacial score (nSPS) is 17.6. The second kappa shape index (κ2) is 10.4. The average molecular weight is 502 g/mol. The molecule has 2 N–H and O–H groups in total. The lowest BCUT2D eigenvalue weighted by Crippen LogP contribution is -2.35. The van der Waals surface area contributed by atoms with Gasteiger partial charge in [-0.1, -0.05) is 26.0 Å². The number of nitrogens with one attached hydrogen (secondary N) is 1. The van der Waals surface area contributed by atoms with Gasteiger partial charge in [-0.25, -0.2) is 17.6 Å². The number of hydrogen-bond acceptors (Lipinski definition) is 5. The number of hydrogen-bond donors (Lipinski definition) is 2. The van der Waals surface area contributed by atoms with Crippen molar-refractivity contribution in [1.82, 2.24) is 4.90 Å². The van der Waals surface area contributed by atoms with Crippen LogP contribution in [-0.4, -0.2) is 56.6 Å². The van der Waals surface area contributed by atoms with Crippen LogP contribution in [0.5, 0.6) is 0 Å². The number of likely N-dealkylation sites (N-methyl/N-ethyl adjacent to an activating group) is 1. The third-order valence-electron chi connectivity index (χ3n) is 6.98. The van der Waals surface area contributed by atoms with Crippen LogP contribution in [-0.2, 0) is 16.4 Å². The third-order valence-corrected chi connectivity index (χ3v) is 8.42. The van der Waals surface area contributed by atoms with E-state index in [1.54, 1.807) is 12.2 Å². The van der Waals surface area contributed by atoms with Gasteiger partial charge in [0.25, 0.3) is 10.0 Å². The average Bonchev–Trinajstić information content (AvgIpc) is 3.30. The van der Waals surface area contributed by atoms with E-state index in [4.69, 9.17) is 0 Å². The van der Waals surface area contributed by atoms with E-state index in [2.05, 4.69) is 14.5 Å². The first kappa shape index (κ1) is 25.2. The van der Waals surface area contributed by atoms with E-state index in [9.17, 15) is 22.7 Å². The molecule has 2 aliphatic heterocycles. The SMILES string of the molecule is CCN(CC)C/C=C\c1cc(F)ccc1S(=O)(=O)Nc1ccc2c(c1C(=O)O)CCC1CCCN21. The summed E-state index contributed by atoms with van der Waals surface area (Å²) in [5.41, 5.74) is 1.75. The van der Waals surface area contributed by atoms with Crippen molar-refractivity contribution in [2.75, 3.05) is 35.8 Å². The second-order valence-corrected chi connectivity index (χ2v) is 10.6. The molecule has 1 atom stereocenters. The van der Waals surface area contributed by atoms with Crippen molar-refractivity contribution in [3.8, 4) is 0 Å². The summed E-state index contributed by atoms with van der Waals surface area (Å²) in [6.07, 6.45) is 6.98. The summed E-state index contributed by atoms with van der Waals surface area (Å²) in [5.74, 6) is -1.72. The van der Waals surface area contributed by atoms with Gasteiger partial charge < -0.3 is 14.9 Å². The molecule has 1 saturated heterocycles. The lowest BCUT2D eigenvalue weighted by molar-refractivity contribution is 0.0696. The van der Waals surface area contributed by atoms with E-state index in [0.29, 0.717) is 24.6 Å². The molecule has 0 saturated carbocycles. The minimum atomic E-state index is -4.18. The number of benzene rings is 2. The van der Waals surface area contributed by atoms with E-state index in [1.165, 1.54) is 18.2 Å². The van der Waals surface area contributed by atoms with Crippen molar-refractivity contribution in [3.05, 3.63) is 58.9 Å². The minimum Gasteiger partial charge on any atom is -0.478 e. The largest absolute Gasteiger partial charge is 0.478 e. The van der Waals surface area contributed by atoms with Crippen molar-refractivity contribution in [2.45, 2.75) is 50.5 Å². The Balaban J connectivity index is 1.68. The molecule has 2 heterocycles. The first-order valence-electron chi connectivity index (χ1n) is 12.1. The summed E-state index contributed by atoms with van der Waals surface area (Å²) in [4.78, 5) is 16.5. The van der Waals surface area contributed by atoms with Crippen molar-refractivity contribution in [1.29, 1.82) is 0 Å². The quantitative estimate of drug-likeness (QED) is 0.522. The monoisotopic (exact) mass is 501 g/mol. The van der Waals surface area contributed by atoms with Crippen LogP contribution < -0.4 is 9.62 Å². The maximum Gasteiger partial charge on any atom is 0.338 e. The lowest BCUT2D eigenvalue weighted by atomic mass is 9.91. The maximum atomic E-state index is 14.0. The maximum absolute atomic E-state index is 14.0. The molecule has 0 amide bonds. The fraction of sp³-hybridized carbons (Fsp3) is 0.423. The molecule has 9 heteroatoms. The second-order valence-electron chi connectivity index (χ2n) is 8.99. The number of carboxylic acid groups (broad SMARTS) is 1. The van der Waals surface area contributed by atoms with Crippen LogP contribution in [0.15, 0.2) is 41.3 Å². The Morgan fingerprint density at radius 3 is 2.71 bits per heavy atom. The van der Waals surface area contributed by atoms with Gasteiger partial charge in [-0.2, -0.15) is 0 Å². The molecule has 7 nitrogen and oxygen atoms in total. The molecule has 35 heavy (non-hydrogen) atoms. The smallest absolute Gasteiger partial charge is 0.338 e. The van der Waals surface area contributed by atoms with E-state index in [0.717, 1.165) is 50.7 Å². The Labute approximate surface area is 206 Å². The van der Waals surface area contributed by atoms with Gasteiger partial charge in [0.1, 0.15) is 5.82 Å².